The van der Waals surface area contributed by atoms with Crippen LogP contribution in [0.15, 0.2) is 12.7 Å². The van der Waals surface area contributed by atoms with E-state index in [0.29, 0.717) is 5.92 Å². The van der Waals surface area contributed by atoms with Crippen LogP contribution in [0.5, 0.6) is 0 Å². The molecule has 2 heteroatoms. The fourth-order valence-electron chi connectivity index (χ4n) is 3.73. The monoisotopic (exact) mass is 236 g/mol. The summed E-state index contributed by atoms with van der Waals surface area (Å²) in [6, 6.07) is 0. The van der Waals surface area contributed by atoms with Crippen molar-refractivity contribution in [2.24, 2.45) is 17.8 Å². The maximum Gasteiger partial charge on any atom is 0.330 e. The highest BCUT2D eigenvalue weighted by molar-refractivity contribution is 5.81. The minimum absolute atomic E-state index is 0.240. The van der Waals surface area contributed by atoms with Gasteiger partial charge in [0.2, 0.25) is 0 Å². The SMILES string of the molecule is C=CC(=O)OC1(C)CCC2CC(CC)CC1C2. The molecule has 96 valence electrons. The van der Waals surface area contributed by atoms with Crippen molar-refractivity contribution < 1.29 is 9.53 Å². The maximum atomic E-state index is 11.5. The lowest BCUT2D eigenvalue weighted by Crippen LogP contribution is -2.47. The van der Waals surface area contributed by atoms with Crippen LogP contribution in [0.4, 0.5) is 0 Å². The molecule has 2 aliphatic rings. The Morgan fingerprint density at radius 3 is 2.88 bits per heavy atom. The minimum Gasteiger partial charge on any atom is -0.456 e. The molecule has 0 spiro atoms. The minimum atomic E-state index is -0.260. The summed E-state index contributed by atoms with van der Waals surface area (Å²) in [5.41, 5.74) is -0.240. The summed E-state index contributed by atoms with van der Waals surface area (Å²) in [4.78, 5) is 11.5. The van der Waals surface area contributed by atoms with Crippen molar-refractivity contribution in [3.05, 3.63) is 12.7 Å². The van der Waals surface area contributed by atoms with E-state index in [-0.39, 0.29) is 11.6 Å². The third kappa shape index (κ3) is 2.56. The zero-order chi connectivity index (χ0) is 12.5. The summed E-state index contributed by atoms with van der Waals surface area (Å²) in [7, 11) is 0. The van der Waals surface area contributed by atoms with E-state index >= 15 is 0 Å². The molecule has 2 fully saturated rings. The quantitative estimate of drug-likeness (QED) is 0.551. The summed E-state index contributed by atoms with van der Waals surface area (Å²) in [6.07, 6.45) is 8.66. The second kappa shape index (κ2) is 4.83. The maximum absolute atomic E-state index is 11.5. The van der Waals surface area contributed by atoms with Crippen LogP contribution in [-0.2, 0) is 9.53 Å². The van der Waals surface area contributed by atoms with Crippen LogP contribution in [-0.4, -0.2) is 11.6 Å². The molecule has 0 radical (unpaired) electrons. The Balaban J connectivity index is 2.08. The second-order valence-corrected chi connectivity index (χ2v) is 6.02. The summed E-state index contributed by atoms with van der Waals surface area (Å²) >= 11 is 0. The van der Waals surface area contributed by atoms with Crippen LogP contribution in [0.1, 0.15) is 52.4 Å². The van der Waals surface area contributed by atoms with Crippen molar-refractivity contribution in [1.82, 2.24) is 0 Å². The Labute approximate surface area is 104 Å². The molecule has 0 aromatic rings. The molecule has 2 nitrogen and oxygen atoms in total. The van der Waals surface area contributed by atoms with Gasteiger partial charge in [-0.3, -0.25) is 0 Å². The number of rotatable bonds is 3. The molecule has 0 heterocycles. The molecule has 0 aliphatic heterocycles. The highest BCUT2D eigenvalue weighted by Gasteiger charge is 2.46. The fourth-order valence-corrected chi connectivity index (χ4v) is 3.73. The molecule has 0 aromatic heterocycles. The van der Waals surface area contributed by atoms with E-state index in [1.807, 2.05) is 0 Å². The number of esters is 1. The average Bonchev–Trinajstić information content (AvgIpc) is 2.34. The van der Waals surface area contributed by atoms with Crippen LogP contribution in [0, 0.1) is 17.8 Å². The van der Waals surface area contributed by atoms with Crippen LogP contribution in [0.3, 0.4) is 0 Å². The Morgan fingerprint density at radius 1 is 1.47 bits per heavy atom. The third-order valence-electron chi connectivity index (χ3n) is 4.89. The van der Waals surface area contributed by atoms with Gasteiger partial charge >= 0.3 is 5.97 Å². The third-order valence-corrected chi connectivity index (χ3v) is 4.89. The molecule has 0 amide bonds. The lowest BCUT2D eigenvalue weighted by molar-refractivity contribution is -0.167. The van der Waals surface area contributed by atoms with Crippen molar-refractivity contribution >= 4 is 5.97 Å². The van der Waals surface area contributed by atoms with E-state index in [2.05, 4.69) is 20.4 Å². The number of hydrogen-bond donors (Lipinski definition) is 0. The zero-order valence-electron chi connectivity index (χ0n) is 11.1. The zero-order valence-corrected chi connectivity index (χ0v) is 11.1. The lowest BCUT2D eigenvalue weighted by Gasteiger charge is -2.48. The highest BCUT2D eigenvalue weighted by Crippen LogP contribution is 2.49. The van der Waals surface area contributed by atoms with Gasteiger partial charge in [0, 0.05) is 6.08 Å². The first kappa shape index (κ1) is 12.7. The number of ether oxygens (including phenoxy) is 1. The van der Waals surface area contributed by atoms with Gasteiger partial charge in [0.05, 0.1) is 0 Å². The number of carbonyl (C=O) groups is 1. The molecule has 2 saturated carbocycles. The fraction of sp³-hybridized carbons (Fsp3) is 0.800. The van der Waals surface area contributed by atoms with Crippen LogP contribution < -0.4 is 0 Å². The molecule has 2 bridgehead atoms. The standard InChI is InChI=1S/C15H24O2/c1-4-11-8-12-6-7-15(3,13(9-11)10-12)17-14(16)5-2/h5,11-13H,2,4,6-10H2,1,3H3. The van der Waals surface area contributed by atoms with Gasteiger partial charge < -0.3 is 4.74 Å². The first-order chi connectivity index (χ1) is 8.07. The molecule has 0 aromatic carbocycles. The van der Waals surface area contributed by atoms with Gasteiger partial charge in [-0.25, -0.2) is 4.79 Å². The van der Waals surface area contributed by atoms with Gasteiger partial charge in [0.15, 0.2) is 0 Å². The van der Waals surface area contributed by atoms with E-state index in [9.17, 15) is 4.79 Å². The largest absolute Gasteiger partial charge is 0.456 e. The summed E-state index contributed by atoms with van der Waals surface area (Å²) in [5.74, 6) is 2.00. The Hall–Kier alpha value is -0.790. The van der Waals surface area contributed by atoms with Crippen molar-refractivity contribution in [3.8, 4) is 0 Å². The van der Waals surface area contributed by atoms with Crippen molar-refractivity contribution in [2.75, 3.05) is 0 Å². The van der Waals surface area contributed by atoms with Gasteiger partial charge in [-0.1, -0.05) is 19.9 Å². The average molecular weight is 236 g/mol. The van der Waals surface area contributed by atoms with Gasteiger partial charge in [-0.2, -0.15) is 0 Å². The first-order valence-corrected chi connectivity index (χ1v) is 6.92. The predicted molar refractivity (Wildman–Crippen MR) is 68.5 cm³/mol. The number of hydrogen-bond acceptors (Lipinski definition) is 2. The summed E-state index contributed by atoms with van der Waals surface area (Å²) in [6.45, 7) is 7.89. The molecular weight excluding hydrogens is 212 g/mol. The van der Waals surface area contributed by atoms with Gasteiger partial charge in [-0.15, -0.1) is 0 Å². The topological polar surface area (TPSA) is 26.3 Å². The van der Waals surface area contributed by atoms with Crippen molar-refractivity contribution in [1.29, 1.82) is 0 Å². The van der Waals surface area contributed by atoms with Crippen LogP contribution in [0.25, 0.3) is 0 Å². The second-order valence-electron chi connectivity index (χ2n) is 6.02. The van der Waals surface area contributed by atoms with Crippen molar-refractivity contribution in [3.63, 3.8) is 0 Å². The molecule has 2 aliphatic carbocycles. The molecule has 0 N–H and O–H groups in total. The summed E-state index contributed by atoms with van der Waals surface area (Å²) in [5, 5.41) is 0. The van der Waals surface area contributed by atoms with E-state index in [4.69, 9.17) is 4.74 Å². The summed E-state index contributed by atoms with van der Waals surface area (Å²) < 4.78 is 5.65. The molecule has 17 heavy (non-hydrogen) atoms. The smallest absolute Gasteiger partial charge is 0.330 e. The van der Waals surface area contributed by atoms with Gasteiger partial charge in [0.25, 0.3) is 0 Å². The molecule has 2 rings (SSSR count). The van der Waals surface area contributed by atoms with Crippen LogP contribution >= 0.6 is 0 Å². The lowest BCUT2D eigenvalue weighted by atomic mass is 9.61. The van der Waals surface area contributed by atoms with E-state index in [1.165, 1.54) is 38.2 Å². The molecule has 4 unspecified atom stereocenters. The first-order valence-electron chi connectivity index (χ1n) is 6.92. The molecular formula is C15H24O2. The number of carbonyl (C=O) groups excluding carboxylic acids is 1. The Bertz CT molecular complexity index is 310. The van der Waals surface area contributed by atoms with Crippen LogP contribution in [0.2, 0.25) is 0 Å². The van der Waals surface area contributed by atoms with E-state index < -0.39 is 0 Å². The van der Waals surface area contributed by atoms with Gasteiger partial charge in [0.1, 0.15) is 5.60 Å². The normalized spacial score (nSPS) is 40.7. The van der Waals surface area contributed by atoms with Crippen molar-refractivity contribution in [2.45, 2.75) is 58.0 Å². The Kier molecular flexibility index (Phi) is 3.60. The van der Waals surface area contributed by atoms with E-state index in [0.717, 1.165) is 18.3 Å². The molecule has 4 atom stereocenters. The predicted octanol–water partition coefficient (Wildman–Crippen LogP) is 3.71. The van der Waals surface area contributed by atoms with Gasteiger partial charge in [-0.05, 0) is 56.8 Å². The Morgan fingerprint density at radius 2 is 2.24 bits per heavy atom. The highest BCUT2D eigenvalue weighted by atomic mass is 16.6. The number of fused-ring (bicyclic) bond motifs is 2. The molecule has 0 saturated heterocycles. The van der Waals surface area contributed by atoms with E-state index in [1.54, 1.807) is 0 Å².